The number of para-hydroxylation sites is 1. The van der Waals surface area contributed by atoms with Crippen molar-refractivity contribution in [2.24, 2.45) is 5.73 Å². The van der Waals surface area contributed by atoms with Crippen LogP contribution in [0, 0.1) is 5.82 Å². The molecule has 0 radical (unpaired) electrons. The molecule has 0 saturated carbocycles. The highest BCUT2D eigenvalue weighted by atomic mass is 79.9. The Hall–Kier alpha value is -2.21. The topological polar surface area (TPSA) is 72.2 Å². The van der Waals surface area contributed by atoms with Crippen molar-refractivity contribution in [1.29, 1.82) is 0 Å². The molecule has 4 nitrogen and oxygen atoms in total. The number of hydrogen-bond acceptors (Lipinski definition) is 2. The average Bonchev–Trinajstić information content (AvgIpc) is 2.41. The highest BCUT2D eigenvalue weighted by Gasteiger charge is 2.15. The van der Waals surface area contributed by atoms with Crippen molar-refractivity contribution in [3.05, 3.63) is 63.9 Å². The fraction of sp³-hybridized carbons (Fsp3) is 0. The molecule has 0 aliphatic rings. The molecule has 20 heavy (non-hydrogen) atoms. The van der Waals surface area contributed by atoms with Crippen LogP contribution in [-0.2, 0) is 0 Å². The second-order valence-corrected chi connectivity index (χ2v) is 4.90. The molecule has 2 amide bonds. The number of carbonyl (C=O) groups is 2. The lowest BCUT2D eigenvalue weighted by Gasteiger charge is -2.09. The van der Waals surface area contributed by atoms with Crippen molar-refractivity contribution in [2.75, 3.05) is 5.32 Å². The molecule has 2 rings (SSSR count). The minimum Gasteiger partial charge on any atom is -0.366 e. The Balaban J connectivity index is 2.33. The summed E-state index contributed by atoms with van der Waals surface area (Å²) in [4.78, 5) is 23.3. The summed E-state index contributed by atoms with van der Waals surface area (Å²) >= 11 is 3.17. The molecule has 102 valence electrons. The van der Waals surface area contributed by atoms with Gasteiger partial charge in [-0.05, 0) is 30.3 Å². The Morgan fingerprint density at radius 2 is 1.80 bits per heavy atom. The second kappa shape index (κ2) is 5.83. The molecule has 0 aliphatic heterocycles. The first-order valence-electron chi connectivity index (χ1n) is 5.64. The predicted octanol–water partition coefficient (Wildman–Crippen LogP) is 2.94. The van der Waals surface area contributed by atoms with Crippen molar-refractivity contribution < 1.29 is 14.0 Å². The molecular weight excluding hydrogens is 327 g/mol. The van der Waals surface area contributed by atoms with Gasteiger partial charge in [-0.25, -0.2) is 4.39 Å². The molecule has 0 atom stereocenters. The molecule has 0 bridgehead atoms. The van der Waals surface area contributed by atoms with Gasteiger partial charge in [-0.1, -0.05) is 28.1 Å². The van der Waals surface area contributed by atoms with E-state index >= 15 is 0 Å². The number of benzene rings is 2. The lowest BCUT2D eigenvalue weighted by atomic mass is 10.1. The van der Waals surface area contributed by atoms with Crippen LogP contribution >= 0.6 is 15.9 Å². The van der Waals surface area contributed by atoms with E-state index in [9.17, 15) is 14.0 Å². The summed E-state index contributed by atoms with van der Waals surface area (Å²) in [6.07, 6.45) is 0. The van der Waals surface area contributed by atoms with Crippen molar-refractivity contribution in [2.45, 2.75) is 0 Å². The maximum absolute atomic E-state index is 13.6. The van der Waals surface area contributed by atoms with Crippen LogP contribution in [0.4, 0.5) is 10.1 Å². The van der Waals surface area contributed by atoms with E-state index in [1.807, 2.05) is 0 Å². The van der Waals surface area contributed by atoms with Gasteiger partial charge in [-0.15, -0.1) is 0 Å². The molecule has 0 fully saturated rings. The summed E-state index contributed by atoms with van der Waals surface area (Å²) in [6, 6.07) is 10.3. The largest absolute Gasteiger partial charge is 0.366 e. The first-order valence-corrected chi connectivity index (χ1v) is 6.43. The molecule has 2 aromatic rings. The minimum atomic E-state index is -0.671. The number of rotatable bonds is 3. The molecule has 3 N–H and O–H groups in total. The van der Waals surface area contributed by atoms with E-state index in [-0.39, 0.29) is 16.8 Å². The van der Waals surface area contributed by atoms with Gasteiger partial charge in [0, 0.05) is 4.47 Å². The summed E-state index contributed by atoms with van der Waals surface area (Å²) in [7, 11) is 0. The van der Waals surface area contributed by atoms with Crippen LogP contribution < -0.4 is 11.1 Å². The number of carbonyl (C=O) groups excluding carboxylic acids is 2. The van der Waals surface area contributed by atoms with Crippen LogP contribution in [0.25, 0.3) is 0 Å². The maximum Gasteiger partial charge on any atom is 0.258 e. The van der Waals surface area contributed by atoms with E-state index in [2.05, 4.69) is 21.2 Å². The number of halogens is 2. The van der Waals surface area contributed by atoms with E-state index in [4.69, 9.17) is 5.73 Å². The van der Waals surface area contributed by atoms with Crippen LogP contribution in [-0.4, -0.2) is 11.8 Å². The molecule has 0 saturated heterocycles. The molecule has 6 heteroatoms. The number of hydrogen-bond donors (Lipinski definition) is 2. The van der Waals surface area contributed by atoms with Crippen molar-refractivity contribution in [1.82, 2.24) is 0 Å². The van der Waals surface area contributed by atoms with Crippen molar-refractivity contribution in [3.8, 4) is 0 Å². The second-order valence-electron chi connectivity index (χ2n) is 3.99. The summed E-state index contributed by atoms with van der Waals surface area (Å²) in [5, 5.41) is 2.48. The molecular formula is C14H10BrFN2O2. The van der Waals surface area contributed by atoms with Crippen LogP contribution in [0.1, 0.15) is 20.7 Å². The summed E-state index contributed by atoms with van der Waals surface area (Å²) in [5.41, 5.74) is 5.49. The van der Waals surface area contributed by atoms with E-state index in [0.717, 1.165) is 0 Å². The molecule has 0 aliphatic carbocycles. The van der Waals surface area contributed by atoms with Crippen LogP contribution in [0.5, 0.6) is 0 Å². The number of primary amides is 1. The molecule has 2 aromatic carbocycles. The molecule has 0 spiro atoms. The van der Waals surface area contributed by atoms with E-state index in [1.165, 1.54) is 30.3 Å². The van der Waals surface area contributed by atoms with Crippen LogP contribution in [0.2, 0.25) is 0 Å². The summed E-state index contributed by atoms with van der Waals surface area (Å²) < 4.78 is 14.2. The number of anilines is 1. The lowest BCUT2D eigenvalue weighted by Crippen LogP contribution is -2.19. The smallest absolute Gasteiger partial charge is 0.258 e. The fourth-order valence-corrected chi connectivity index (χ4v) is 2.03. The summed E-state index contributed by atoms with van der Waals surface area (Å²) in [6.45, 7) is 0. The maximum atomic E-state index is 13.6. The Labute approximate surface area is 122 Å². The predicted molar refractivity (Wildman–Crippen MR) is 77.0 cm³/mol. The first-order chi connectivity index (χ1) is 9.49. The fourth-order valence-electron chi connectivity index (χ4n) is 1.67. The number of nitrogens with two attached hydrogens (primary N) is 1. The zero-order chi connectivity index (χ0) is 14.7. The highest BCUT2D eigenvalue weighted by molar-refractivity contribution is 9.10. The van der Waals surface area contributed by atoms with Gasteiger partial charge in [0.2, 0.25) is 0 Å². The normalized spacial score (nSPS) is 10.1. The monoisotopic (exact) mass is 336 g/mol. The molecule has 0 heterocycles. The minimum absolute atomic E-state index is 0.126. The van der Waals surface area contributed by atoms with E-state index in [0.29, 0.717) is 4.47 Å². The SMILES string of the molecule is NC(=O)c1ccccc1NC(=O)c1cc(Br)ccc1F. The van der Waals surface area contributed by atoms with Gasteiger partial charge < -0.3 is 11.1 Å². The quantitative estimate of drug-likeness (QED) is 0.904. The Morgan fingerprint density at radius 1 is 1.10 bits per heavy atom. The van der Waals surface area contributed by atoms with Crippen LogP contribution in [0.15, 0.2) is 46.9 Å². The lowest BCUT2D eigenvalue weighted by molar-refractivity contribution is 0.100. The Bertz CT molecular complexity index is 689. The van der Waals surface area contributed by atoms with E-state index < -0.39 is 17.6 Å². The molecule has 0 aromatic heterocycles. The van der Waals surface area contributed by atoms with Crippen molar-refractivity contribution in [3.63, 3.8) is 0 Å². The van der Waals surface area contributed by atoms with Gasteiger partial charge in [-0.3, -0.25) is 9.59 Å². The van der Waals surface area contributed by atoms with Crippen LogP contribution in [0.3, 0.4) is 0 Å². The van der Waals surface area contributed by atoms with E-state index in [1.54, 1.807) is 12.1 Å². The van der Waals surface area contributed by atoms with Gasteiger partial charge in [0.15, 0.2) is 0 Å². The standard InChI is InChI=1S/C14H10BrFN2O2/c15-8-5-6-11(16)10(7-8)14(20)18-12-4-2-1-3-9(12)13(17)19/h1-7H,(H2,17,19)(H,18,20). The Morgan fingerprint density at radius 3 is 2.50 bits per heavy atom. The molecule has 0 unspecified atom stereocenters. The Kier molecular flexibility index (Phi) is 4.14. The van der Waals surface area contributed by atoms with Gasteiger partial charge in [0.1, 0.15) is 5.82 Å². The van der Waals surface area contributed by atoms with Gasteiger partial charge >= 0.3 is 0 Å². The third-order valence-electron chi connectivity index (χ3n) is 2.61. The highest BCUT2D eigenvalue weighted by Crippen LogP contribution is 2.19. The number of amides is 2. The third-order valence-corrected chi connectivity index (χ3v) is 3.11. The summed E-state index contributed by atoms with van der Waals surface area (Å²) in [5.74, 6) is -1.98. The van der Waals surface area contributed by atoms with Gasteiger partial charge in [0.05, 0.1) is 16.8 Å². The third kappa shape index (κ3) is 3.03. The van der Waals surface area contributed by atoms with Gasteiger partial charge in [0.25, 0.3) is 11.8 Å². The number of nitrogens with one attached hydrogen (secondary N) is 1. The average molecular weight is 337 g/mol. The van der Waals surface area contributed by atoms with Crippen molar-refractivity contribution >= 4 is 33.4 Å². The zero-order valence-electron chi connectivity index (χ0n) is 10.2. The van der Waals surface area contributed by atoms with Gasteiger partial charge in [-0.2, -0.15) is 0 Å². The first kappa shape index (κ1) is 14.2. The zero-order valence-corrected chi connectivity index (χ0v) is 11.8.